The summed E-state index contributed by atoms with van der Waals surface area (Å²) in [6.45, 7) is 6.67. The van der Waals surface area contributed by atoms with Crippen molar-refractivity contribution in [1.82, 2.24) is 0 Å². The number of fused-ring (bicyclic) bond motifs is 5. The van der Waals surface area contributed by atoms with Gasteiger partial charge in [0.2, 0.25) is 0 Å². The summed E-state index contributed by atoms with van der Waals surface area (Å²) in [5.41, 5.74) is 2.31. The molecular weight excluding hydrogens is 356 g/mol. The Hall–Kier alpha value is -1.31. The van der Waals surface area contributed by atoms with Gasteiger partial charge >= 0.3 is 5.97 Å². The van der Waals surface area contributed by atoms with Crippen LogP contribution in [-0.2, 0) is 9.53 Å². The Morgan fingerprint density at radius 1 is 0.897 bits per heavy atom. The second kappa shape index (κ2) is 7.13. The molecule has 4 saturated carbocycles. The van der Waals surface area contributed by atoms with E-state index in [1.807, 2.05) is 0 Å². The van der Waals surface area contributed by atoms with Crippen LogP contribution in [0.15, 0.2) is 30.3 Å². The summed E-state index contributed by atoms with van der Waals surface area (Å²) in [5.74, 6) is 4.05. The molecule has 4 aliphatic rings. The summed E-state index contributed by atoms with van der Waals surface area (Å²) in [5, 5.41) is 0. The molecular formula is C27H38O2. The van der Waals surface area contributed by atoms with Crippen LogP contribution in [0.2, 0.25) is 0 Å². The van der Waals surface area contributed by atoms with Crippen molar-refractivity contribution in [1.29, 1.82) is 0 Å². The smallest absolute Gasteiger partial charge is 0.302 e. The average Bonchev–Trinajstić information content (AvgIpc) is 3.04. The summed E-state index contributed by atoms with van der Waals surface area (Å²) in [4.78, 5) is 11.7. The molecule has 0 unspecified atom stereocenters. The highest BCUT2D eigenvalue weighted by molar-refractivity contribution is 5.66. The van der Waals surface area contributed by atoms with Crippen LogP contribution in [-0.4, -0.2) is 12.1 Å². The summed E-state index contributed by atoms with van der Waals surface area (Å²) in [6, 6.07) is 11.3. The third-order valence-corrected chi connectivity index (χ3v) is 10.2. The standard InChI is InChI=1S/C27H38O2/c1-18(28)29-25-12-11-23-22-10-9-21-17-20(19-7-5-4-6-8-19)13-15-26(21,2)24(22)14-16-27(23,25)3/h4-8,20-25H,9-17H2,1-3H3/t20-,21-,22-,23+,24-,25-,26-,27-/m0/s1. The third-order valence-electron chi connectivity index (χ3n) is 10.2. The topological polar surface area (TPSA) is 26.3 Å². The first-order chi connectivity index (χ1) is 13.9. The minimum absolute atomic E-state index is 0.0890. The van der Waals surface area contributed by atoms with Gasteiger partial charge in [-0.25, -0.2) is 0 Å². The van der Waals surface area contributed by atoms with Crippen LogP contribution in [0.4, 0.5) is 0 Å². The fraction of sp³-hybridized carbons (Fsp3) is 0.741. The van der Waals surface area contributed by atoms with Crippen molar-refractivity contribution in [2.75, 3.05) is 0 Å². The summed E-state index contributed by atoms with van der Waals surface area (Å²) in [6.07, 6.45) is 12.1. The Balaban J connectivity index is 1.35. The van der Waals surface area contributed by atoms with Crippen LogP contribution in [0.1, 0.15) is 90.0 Å². The normalized spacial score (nSPS) is 46.3. The zero-order chi connectivity index (χ0) is 20.2. The number of esters is 1. The summed E-state index contributed by atoms with van der Waals surface area (Å²) >= 11 is 0. The molecule has 2 heteroatoms. The molecule has 0 heterocycles. The van der Waals surface area contributed by atoms with E-state index >= 15 is 0 Å². The summed E-state index contributed by atoms with van der Waals surface area (Å²) in [7, 11) is 0. The van der Waals surface area contributed by atoms with Gasteiger partial charge in [0.25, 0.3) is 0 Å². The van der Waals surface area contributed by atoms with Crippen molar-refractivity contribution >= 4 is 5.97 Å². The van der Waals surface area contributed by atoms with E-state index in [1.165, 1.54) is 51.4 Å². The van der Waals surface area contributed by atoms with Gasteiger partial charge in [0.05, 0.1) is 0 Å². The van der Waals surface area contributed by atoms with Gasteiger partial charge < -0.3 is 4.74 Å². The van der Waals surface area contributed by atoms with E-state index in [9.17, 15) is 4.79 Å². The van der Waals surface area contributed by atoms with Crippen molar-refractivity contribution in [3.8, 4) is 0 Å². The molecule has 8 atom stereocenters. The molecule has 0 aliphatic heterocycles. The van der Waals surface area contributed by atoms with Crippen LogP contribution in [0.25, 0.3) is 0 Å². The van der Waals surface area contributed by atoms with Crippen LogP contribution >= 0.6 is 0 Å². The Kier molecular flexibility index (Phi) is 4.83. The predicted octanol–water partition coefficient (Wildman–Crippen LogP) is 6.74. The van der Waals surface area contributed by atoms with E-state index in [4.69, 9.17) is 4.74 Å². The zero-order valence-corrected chi connectivity index (χ0v) is 18.5. The first-order valence-electron chi connectivity index (χ1n) is 12.1. The first kappa shape index (κ1) is 19.6. The largest absolute Gasteiger partial charge is 0.462 e. The molecule has 2 nitrogen and oxygen atoms in total. The molecule has 29 heavy (non-hydrogen) atoms. The number of hydrogen-bond donors (Lipinski definition) is 0. The second-order valence-electron chi connectivity index (χ2n) is 11.3. The maximum atomic E-state index is 11.7. The minimum atomic E-state index is -0.0890. The molecule has 1 aromatic rings. The molecule has 0 spiro atoms. The van der Waals surface area contributed by atoms with Gasteiger partial charge in [-0.2, -0.15) is 0 Å². The minimum Gasteiger partial charge on any atom is -0.462 e. The molecule has 0 N–H and O–H groups in total. The Morgan fingerprint density at radius 2 is 1.62 bits per heavy atom. The van der Waals surface area contributed by atoms with Crippen molar-refractivity contribution in [3.05, 3.63) is 35.9 Å². The van der Waals surface area contributed by atoms with E-state index < -0.39 is 0 Å². The molecule has 0 bridgehead atoms. The second-order valence-corrected chi connectivity index (χ2v) is 11.3. The molecule has 4 fully saturated rings. The van der Waals surface area contributed by atoms with Crippen molar-refractivity contribution in [2.45, 2.75) is 90.6 Å². The average molecular weight is 395 g/mol. The van der Waals surface area contributed by atoms with Gasteiger partial charge in [0, 0.05) is 12.3 Å². The molecule has 0 aromatic heterocycles. The molecule has 0 radical (unpaired) electrons. The lowest BCUT2D eigenvalue weighted by Gasteiger charge is -2.61. The quantitative estimate of drug-likeness (QED) is 0.519. The van der Waals surface area contributed by atoms with Crippen LogP contribution < -0.4 is 0 Å². The maximum absolute atomic E-state index is 11.7. The van der Waals surface area contributed by atoms with E-state index in [1.54, 1.807) is 12.5 Å². The van der Waals surface area contributed by atoms with Crippen LogP contribution in [0.5, 0.6) is 0 Å². The Bertz CT molecular complexity index is 757. The third kappa shape index (κ3) is 3.08. The Labute approximate surface area is 176 Å². The van der Waals surface area contributed by atoms with E-state index in [2.05, 4.69) is 44.2 Å². The zero-order valence-electron chi connectivity index (χ0n) is 18.5. The maximum Gasteiger partial charge on any atom is 0.302 e. The molecule has 0 saturated heterocycles. The van der Waals surface area contributed by atoms with Crippen molar-refractivity contribution in [2.24, 2.45) is 34.5 Å². The lowest BCUT2D eigenvalue weighted by molar-refractivity contribution is -0.161. The number of ether oxygens (including phenoxy) is 1. The highest BCUT2D eigenvalue weighted by atomic mass is 16.5. The van der Waals surface area contributed by atoms with E-state index in [-0.39, 0.29) is 17.5 Å². The monoisotopic (exact) mass is 394 g/mol. The SMILES string of the molecule is CC(=O)O[C@H]1CC[C@@H]2[C@@H]3CC[C@H]4C[C@@H](c5ccccc5)CC[C@]4(C)[C@H]3CC[C@]12C. The number of benzene rings is 1. The van der Waals surface area contributed by atoms with E-state index in [0.29, 0.717) is 5.41 Å². The lowest BCUT2D eigenvalue weighted by atomic mass is 9.44. The molecule has 1 aromatic carbocycles. The molecule has 158 valence electrons. The van der Waals surface area contributed by atoms with Crippen molar-refractivity contribution < 1.29 is 9.53 Å². The van der Waals surface area contributed by atoms with Gasteiger partial charge in [0.15, 0.2) is 0 Å². The fourth-order valence-corrected chi connectivity index (χ4v) is 8.63. The van der Waals surface area contributed by atoms with Gasteiger partial charge in [0.1, 0.15) is 6.10 Å². The molecule has 5 rings (SSSR count). The van der Waals surface area contributed by atoms with Gasteiger partial charge in [-0.3, -0.25) is 4.79 Å². The van der Waals surface area contributed by atoms with E-state index in [0.717, 1.165) is 36.0 Å². The fourth-order valence-electron chi connectivity index (χ4n) is 8.63. The Morgan fingerprint density at radius 3 is 2.38 bits per heavy atom. The molecule has 0 amide bonds. The number of carbonyl (C=O) groups excluding carboxylic acids is 1. The van der Waals surface area contributed by atoms with Gasteiger partial charge in [-0.05, 0) is 98.4 Å². The summed E-state index contributed by atoms with van der Waals surface area (Å²) < 4.78 is 5.82. The number of rotatable bonds is 2. The number of hydrogen-bond acceptors (Lipinski definition) is 2. The van der Waals surface area contributed by atoms with Gasteiger partial charge in [-0.15, -0.1) is 0 Å². The molecule has 4 aliphatic carbocycles. The van der Waals surface area contributed by atoms with Crippen molar-refractivity contribution in [3.63, 3.8) is 0 Å². The number of carbonyl (C=O) groups is 1. The lowest BCUT2D eigenvalue weighted by Crippen LogP contribution is -2.54. The van der Waals surface area contributed by atoms with Gasteiger partial charge in [-0.1, -0.05) is 44.2 Å². The first-order valence-corrected chi connectivity index (χ1v) is 12.1. The van der Waals surface area contributed by atoms with Crippen LogP contribution in [0, 0.1) is 34.5 Å². The highest BCUT2D eigenvalue weighted by Crippen LogP contribution is 2.67. The van der Waals surface area contributed by atoms with Crippen LogP contribution in [0.3, 0.4) is 0 Å². The predicted molar refractivity (Wildman–Crippen MR) is 116 cm³/mol. The highest BCUT2D eigenvalue weighted by Gasteiger charge is 2.61.